The van der Waals surface area contributed by atoms with Crippen LogP contribution in [-0.2, 0) is 0 Å². The molecule has 1 rings (SSSR count). The van der Waals surface area contributed by atoms with Crippen LogP contribution >= 0.6 is 0 Å². The van der Waals surface area contributed by atoms with E-state index in [1.807, 2.05) is 6.42 Å². The van der Waals surface area contributed by atoms with Crippen LogP contribution in [0.2, 0.25) is 0 Å². The van der Waals surface area contributed by atoms with Gasteiger partial charge in [0.05, 0.1) is 0 Å². The molecule has 0 nitrogen and oxygen atoms in total. The predicted octanol–water partition coefficient (Wildman–Crippen LogP) is 2.46. The molecule has 0 N–H and O–H groups in total. The van der Waals surface area contributed by atoms with Gasteiger partial charge in [0.1, 0.15) is 0 Å². The fourth-order valence-corrected chi connectivity index (χ4v) is 1.04. The molecule has 0 aromatic heterocycles. The number of hydrogen-bond acceptors (Lipinski definition) is 0. The van der Waals surface area contributed by atoms with E-state index in [0.717, 1.165) is 12.8 Å². The maximum absolute atomic E-state index is 11.9. The molecule has 1 aliphatic rings. The Kier molecular flexibility index (Phi) is 2.43. The minimum atomic E-state index is -2.15. The largest absolute Gasteiger partial charge is 0.241 e. The summed E-state index contributed by atoms with van der Waals surface area (Å²) in [6, 6.07) is 0. The molecule has 2 heteroatoms. The van der Waals surface area contributed by atoms with E-state index in [-0.39, 0.29) is 0 Å². The van der Waals surface area contributed by atoms with Crippen molar-refractivity contribution in [2.75, 3.05) is 0 Å². The smallest absolute Gasteiger partial charge is 0.210 e. The van der Waals surface area contributed by atoms with Gasteiger partial charge < -0.3 is 0 Å². The highest BCUT2D eigenvalue weighted by molar-refractivity contribution is 4.89. The second-order valence-corrected chi connectivity index (χ2v) is 2.34. The Balaban J connectivity index is 2.23. The zero-order chi connectivity index (χ0) is 6.69. The van der Waals surface area contributed by atoms with E-state index in [1.165, 1.54) is 0 Å². The average Bonchev–Trinajstić information content (AvgIpc) is 1.90. The van der Waals surface area contributed by atoms with E-state index in [1.54, 1.807) is 6.42 Å². The summed E-state index contributed by atoms with van der Waals surface area (Å²) in [6.45, 7) is 0. The Morgan fingerprint density at radius 2 is 2.11 bits per heavy atom. The fraction of sp³-hybridized carbons (Fsp3) is 0.714. The predicted molar refractivity (Wildman–Crippen MR) is 31.9 cm³/mol. The summed E-state index contributed by atoms with van der Waals surface area (Å²) < 4.78 is 23.7. The van der Waals surface area contributed by atoms with Crippen LogP contribution in [0.5, 0.6) is 0 Å². The second-order valence-electron chi connectivity index (χ2n) is 2.34. The molecule has 0 spiro atoms. The highest BCUT2D eigenvalue weighted by Crippen LogP contribution is 2.26. The summed E-state index contributed by atoms with van der Waals surface area (Å²) in [5, 5.41) is 0. The lowest BCUT2D eigenvalue weighted by molar-refractivity contribution is 0.0865. The third kappa shape index (κ3) is 1.92. The summed E-state index contributed by atoms with van der Waals surface area (Å²) in [5.74, 6) is -0.459. The lowest BCUT2D eigenvalue weighted by atomic mass is 9.90. The van der Waals surface area contributed by atoms with Crippen molar-refractivity contribution in [2.45, 2.75) is 25.7 Å². The molecular weight excluding hydrogens is 122 g/mol. The summed E-state index contributed by atoms with van der Waals surface area (Å²) in [6.07, 6.45) is 3.89. The number of halogens is 2. The molecule has 0 saturated heterocycles. The van der Waals surface area contributed by atoms with Gasteiger partial charge in [-0.05, 0) is 32.1 Å². The van der Waals surface area contributed by atoms with Gasteiger partial charge in [-0.3, -0.25) is 0 Å². The summed E-state index contributed by atoms with van der Waals surface area (Å²) in [5.41, 5.74) is 0. The van der Waals surface area contributed by atoms with E-state index >= 15 is 0 Å². The molecule has 1 saturated carbocycles. The van der Waals surface area contributed by atoms with E-state index in [0.29, 0.717) is 6.42 Å². The summed E-state index contributed by atoms with van der Waals surface area (Å²) in [4.78, 5) is 0. The topological polar surface area (TPSA) is 0 Å². The van der Waals surface area contributed by atoms with Crippen molar-refractivity contribution in [2.24, 2.45) is 5.92 Å². The van der Waals surface area contributed by atoms with Crippen molar-refractivity contribution in [1.29, 1.82) is 0 Å². The Morgan fingerprint density at radius 3 is 2.44 bits per heavy atom. The van der Waals surface area contributed by atoms with E-state index in [2.05, 4.69) is 0 Å². The zero-order valence-electron chi connectivity index (χ0n) is 5.19. The monoisotopic (exact) mass is 132 g/mol. The molecule has 0 aliphatic heterocycles. The van der Waals surface area contributed by atoms with Crippen molar-refractivity contribution in [3.05, 3.63) is 12.8 Å². The van der Waals surface area contributed by atoms with Gasteiger partial charge in [0.15, 0.2) is 0 Å². The van der Waals surface area contributed by atoms with Gasteiger partial charge in [-0.25, -0.2) is 8.78 Å². The molecular formula is C7H10F2. The third-order valence-corrected chi connectivity index (χ3v) is 1.60. The van der Waals surface area contributed by atoms with Crippen molar-refractivity contribution >= 4 is 0 Å². The summed E-state index contributed by atoms with van der Waals surface area (Å²) >= 11 is 0. The Labute approximate surface area is 54.3 Å². The molecule has 1 unspecified atom stereocenters. The summed E-state index contributed by atoms with van der Waals surface area (Å²) in [7, 11) is 0. The van der Waals surface area contributed by atoms with Crippen LogP contribution < -0.4 is 0 Å². The zero-order valence-corrected chi connectivity index (χ0v) is 5.19. The number of alkyl halides is 2. The van der Waals surface area contributed by atoms with Gasteiger partial charge >= 0.3 is 0 Å². The standard InChI is InChI=1S/C7H10F2/c8-7(9)6-4-2-1-3-5-6/h2,5-7H,1,3-4H2. The van der Waals surface area contributed by atoms with Gasteiger partial charge in [0, 0.05) is 5.92 Å². The van der Waals surface area contributed by atoms with Gasteiger partial charge in [-0.2, -0.15) is 0 Å². The minimum absolute atomic E-state index is 0.459. The maximum atomic E-state index is 11.9. The van der Waals surface area contributed by atoms with Crippen LogP contribution in [-0.4, -0.2) is 6.43 Å². The molecule has 1 aliphatic carbocycles. The Morgan fingerprint density at radius 1 is 1.33 bits per heavy atom. The molecule has 0 aromatic rings. The van der Waals surface area contributed by atoms with Gasteiger partial charge in [0.25, 0.3) is 0 Å². The maximum Gasteiger partial charge on any atom is 0.241 e. The van der Waals surface area contributed by atoms with Crippen molar-refractivity contribution in [1.82, 2.24) is 0 Å². The SMILES string of the molecule is FC(F)C1[CH]CC[CH]C1. The fourth-order valence-electron chi connectivity index (χ4n) is 1.04. The van der Waals surface area contributed by atoms with Crippen LogP contribution in [0.25, 0.3) is 0 Å². The second kappa shape index (κ2) is 3.14. The first-order valence-corrected chi connectivity index (χ1v) is 3.24. The Hall–Kier alpha value is -0.140. The lowest BCUT2D eigenvalue weighted by Crippen LogP contribution is -2.15. The van der Waals surface area contributed by atoms with E-state index < -0.39 is 12.3 Å². The first kappa shape index (κ1) is 6.97. The highest BCUT2D eigenvalue weighted by Gasteiger charge is 2.22. The van der Waals surface area contributed by atoms with Crippen molar-refractivity contribution in [3.63, 3.8) is 0 Å². The first-order chi connectivity index (χ1) is 4.30. The molecule has 0 heterocycles. The van der Waals surface area contributed by atoms with Crippen LogP contribution in [0, 0.1) is 18.8 Å². The molecule has 52 valence electrons. The molecule has 0 aromatic carbocycles. The van der Waals surface area contributed by atoms with Crippen LogP contribution in [0.1, 0.15) is 19.3 Å². The van der Waals surface area contributed by atoms with Gasteiger partial charge in [-0.15, -0.1) is 0 Å². The molecule has 0 bridgehead atoms. The first-order valence-electron chi connectivity index (χ1n) is 3.24. The van der Waals surface area contributed by atoms with Crippen molar-refractivity contribution in [3.8, 4) is 0 Å². The number of rotatable bonds is 1. The van der Waals surface area contributed by atoms with Crippen LogP contribution in [0.4, 0.5) is 8.78 Å². The highest BCUT2D eigenvalue weighted by atomic mass is 19.3. The molecule has 1 fully saturated rings. The van der Waals surface area contributed by atoms with Crippen LogP contribution in [0.3, 0.4) is 0 Å². The third-order valence-electron chi connectivity index (χ3n) is 1.60. The Bertz CT molecular complexity index is 75.0. The van der Waals surface area contributed by atoms with Crippen LogP contribution in [0.15, 0.2) is 0 Å². The van der Waals surface area contributed by atoms with Gasteiger partial charge in [-0.1, -0.05) is 0 Å². The molecule has 0 amide bonds. The van der Waals surface area contributed by atoms with Gasteiger partial charge in [0.2, 0.25) is 6.43 Å². The molecule has 9 heavy (non-hydrogen) atoms. The normalized spacial score (nSPS) is 23.0. The minimum Gasteiger partial charge on any atom is -0.210 e. The quantitative estimate of drug-likeness (QED) is 0.514. The van der Waals surface area contributed by atoms with E-state index in [9.17, 15) is 8.78 Å². The lowest BCUT2D eigenvalue weighted by Gasteiger charge is -2.19. The molecule has 1 atom stereocenters. The molecule has 2 radical (unpaired) electrons. The van der Waals surface area contributed by atoms with E-state index in [4.69, 9.17) is 0 Å². The van der Waals surface area contributed by atoms with Crippen molar-refractivity contribution < 1.29 is 8.78 Å². The average molecular weight is 132 g/mol. The number of hydrogen-bond donors (Lipinski definition) is 0.